The summed E-state index contributed by atoms with van der Waals surface area (Å²) in [6.07, 6.45) is 0. The van der Waals surface area contributed by atoms with E-state index in [9.17, 15) is 13.6 Å². The van der Waals surface area contributed by atoms with E-state index < -0.39 is 17.7 Å². The Morgan fingerprint density at radius 2 is 1.85 bits per heavy atom. The van der Waals surface area contributed by atoms with Gasteiger partial charge in [-0.2, -0.15) is 0 Å². The number of nitrogens with one attached hydrogen (secondary N) is 1. The molecule has 1 aromatic rings. The van der Waals surface area contributed by atoms with Crippen LogP contribution in [0.15, 0.2) is 18.2 Å². The van der Waals surface area contributed by atoms with E-state index in [1.807, 2.05) is 13.8 Å². The molecule has 0 heterocycles. The topological polar surface area (TPSA) is 32.3 Å². The maximum absolute atomic E-state index is 13.7. The molecule has 3 nitrogen and oxygen atoms in total. The minimum atomic E-state index is -0.606. The zero-order valence-electron chi connectivity index (χ0n) is 12.4. The lowest BCUT2D eigenvalue weighted by molar-refractivity contribution is -0.132. The lowest BCUT2D eigenvalue weighted by Crippen LogP contribution is -2.45. The second kappa shape index (κ2) is 7.33. The molecule has 1 N–H and O–H groups in total. The standard InChI is InChI=1S/C15H22F2N2O/c1-5-19(6-2)15(20)11(4)18-10(3)13-8-7-12(16)9-14(13)17/h7-11,18H,5-6H2,1-4H3. The SMILES string of the molecule is CCN(CC)C(=O)C(C)NC(C)c1ccc(F)cc1F. The van der Waals surface area contributed by atoms with E-state index in [1.54, 1.807) is 18.7 Å². The van der Waals surface area contributed by atoms with Crippen molar-refractivity contribution in [3.8, 4) is 0 Å². The van der Waals surface area contributed by atoms with Gasteiger partial charge in [0.2, 0.25) is 5.91 Å². The van der Waals surface area contributed by atoms with E-state index >= 15 is 0 Å². The first-order valence-electron chi connectivity index (χ1n) is 6.90. The van der Waals surface area contributed by atoms with E-state index in [1.165, 1.54) is 12.1 Å². The van der Waals surface area contributed by atoms with Crippen molar-refractivity contribution in [1.82, 2.24) is 10.2 Å². The summed E-state index contributed by atoms with van der Waals surface area (Å²) in [7, 11) is 0. The van der Waals surface area contributed by atoms with E-state index in [-0.39, 0.29) is 11.9 Å². The van der Waals surface area contributed by atoms with Crippen LogP contribution in [-0.2, 0) is 4.79 Å². The third-order valence-corrected chi connectivity index (χ3v) is 3.37. The number of halogens is 2. The molecule has 2 atom stereocenters. The molecular formula is C15H22F2N2O. The highest BCUT2D eigenvalue weighted by Gasteiger charge is 2.21. The fraction of sp³-hybridized carbons (Fsp3) is 0.533. The number of hydrogen-bond acceptors (Lipinski definition) is 2. The summed E-state index contributed by atoms with van der Waals surface area (Å²) in [5.74, 6) is -1.23. The van der Waals surface area contributed by atoms with Gasteiger partial charge in [0, 0.05) is 30.8 Å². The molecule has 1 amide bonds. The quantitative estimate of drug-likeness (QED) is 0.871. The second-order valence-corrected chi connectivity index (χ2v) is 4.79. The van der Waals surface area contributed by atoms with E-state index in [0.717, 1.165) is 6.07 Å². The minimum absolute atomic E-state index is 0.0237. The van der Waals surface area contributed by atoms with Gasteiger partial charge in [-0.1, -0.05) is 6.07 Å². The summed E-state index contributed by atoms with van der Waals surface area (Å²) in [4.78, 5) is 13.8. The first-order chi connectivity index (χ1) is 9.40. The monoisotopic (exact) mass is 284 g/mol. The van der Waals surface area contributed by atoms with Gasteiger partial charge in [-0.3, -0.25) is 10.1 Å². The van der Waals surface area contributed by atoms with Crippen molar-refractivity contribution in [2.45, 2.75) is 39.8 Å². The molecule has 0 radical (unpaired) electrons. The molecule has 20 heavy (non-hydrogen) atoms. The summed E-state index contributed by atoms with van der Waals surface area (Å²) >= 11 is 0. The Kier molecular flexibility index (Phi) is 6.07. The van der Waals surface area contributed by atoms with Crippen molar-refractivity contribution >= 4 is 5.91 Å². The Morgan fingerprint density at radius 3 is 2.35 bits per heavy atom. The summed E-state index contributed by atoms with van der Waals surface area (Å²) in [5.41, 5.74) is 0.352. The first-order valence-corrected chi connectivity index (χ1v) is 6.90. The average molecular weight is 284 g/mol. The van der Waals surface area contributed by atoms with Crippen molar-refractivity contribution in [3.05, 3.63) is 35.4 Å². The maximum atomic E-state index is 13.7. The Morgan fingerprint density at radius 1 is 1.25 bits per heavy atom. The smallest absolute Gasteiger partial charge is 0.239 e. The molecule has 0 bridgehead atoms. The molecule has 0 fully saturated rings. The van der Waals surface area contributed by atoms with Crippen LogP contribution in [0.4, 0.5) is 8.78 Å². The molecular weight excluding hydrogens is 262 g/mol. The fourth-order valence-corrected chi connectivity index (χ4v) is 2.20. The Hall–Kier alpha value is -1.49. The zero-order chi connectivity index (χ0) is 15.3. The van der Waals surface area contributed by atoms with E-state index in [0.29, 0.717) is 18.7 Å². The van der Waals surface area contributed by atoms with Gasteiger partial charge in [-0.15, -0.1) is 0 Å². The molecule has 0 saturated carbocycles. The second-order valence-electron chi connectivity index (χ2n) is 4.79. The summed E-state index contributed by atoms with van der Waals surface area (Å²) in [5, 5.41) is 3.05. The molecule has 0 spiro atoms. The fourth-order valence-electron chi connectivity index (χ4n) is 2.20. The van der Waals surface area contributed by atoms with Crippen molar-refractivity contribution < 1.29 is 13.6 Å². The highest BCUT2D eigenvalue weighted by Crippen LogP contribution is 2.18. The van der Waals surface area contributed by atoms with E-state index in [2.05, 4.69) is 5.32 Å². The van der Waals surface area contributed by atoms with Crippen LogP contribution in [0.25, 0.3) is 0 Å². The number of carbonyl (C=O) groups excluding carboxylic acids is 1. The van der Waals surface area contributed by atoms with Gasteiger partial charge < -0.3 is 4.90 Å². The van der Waals surface area contributed by atoms with Crippen LogP contribution in [0.5, 0.6) is 0 Å². The van der Waals surface area contributed by atoms with Crippen LogP contribution in [0.1, 0.15) is 39.3 Å². The largest absolute Gasteiger partial charge is 0.342 e. The van der Waals surface area contributed by atoms with Crippen LogP contribution in [0.3, 0.4) is 0 Å². The van der Waals surface area contributed by atoms with Crippen LogP contribution < -0.4 is 5.32 Å². The third kappa shape index (κ3) is 4.00. The summed E-state index contributed by atoms with van der Waals surface area (Å²) in [6.45, 7) is 8.61. The highest BCUT2D eigenvalue weighted by molar-refractivity contribution is 5.81. The van der Waals surface area contributed by atoms with Crippen LogP contribution in [-0.4, -0.2) is 29.9 Å². The average Bonchev–Trinajstić information content (AvgIpc) is 2.39. The van der Waals surface area contributed by atoms with Gasteiger partial charge in [0.25, 0.3) is 0 Å². The Labute approximate surface area is 119 Å². The molecule has 0 aromatic heterocycles. The zero-order valence-corrected chi connectivity index (χ0v) is 12.4. The van der Waals surface area contributed by atoms with Crippen LogP contribution >= 0.6 is 0 Å². The number of rotatable bonds is 6. The first kappa shape index (κ1) is 16.6. The predicted octanol–water partition coefficient (Wildman–Crippen LogP) is 2.87. The van der Waals surface area contributed by atoms with Gasteiger partial charge in [0.15, 0.2) is 0 Å². The molecule has 0 saturated heterocycles. The minimum Gasteiger partial charge on any atom is -0.342 e. The summed E-state index contributed by atoms with van der Waals surface area (Å²) < 4.78 is 26.5. The van der Waals surface area contributed by atoms with Gasteiger partial charge in [0.05, 0.1) is 6.04 Å². The van der Waals surface area contributed by atoms with E-state index in [4.69, 9.17) is 0 Å². The summed E-state index contributed by atoms with van der Waals surface area (Å²) in [6, 6.07) is 2.67. The molecule has 1 rings (SSSR count). The van der Waals surface area contributed by atoms with Crippen molar-refractivity contribution in [3.63, 3.8) is 0 Å². The molecule has 0 aliphatic carbocycles. The van der Waals surface area contributed by atoms with Gasteiger partial charge in [-0.05, 0) is 33.8 Å². The molecule has 5 heteroatoms. The van der Waals surface area contributed by atoms with Crippen molar-refractivity contribution in [1.29, 1.82) is 0 Å². The normalized spacial score (nSPS) is 13.9. The highest BCUT2D eigenvalue weighted by atomic mass is 19.1. The number of hydrogen-bond donors (Lipinski definition) is 1. The third-order valence-electron chi connectivity index (χ3n) is 3.37. The number of nitrogens with zero attached hydrogens (tertiary/aromatic N) is 1. The van der Waals surface area contributed by atoms with Crippen LogP contribution in [0.2, 0.25) is 0 Å². The number of likely N-dealkylation sites (N-methyl/N-ethyl adjacent to an activating group) is 1. The number of benzene rings is 1. The van der Waals surface area contributed by atoms with Gasteiger partial charge in [0.1, 0.15) is 11.6 Å². The molecule has 2 unspecified atom stereocenters. The van der Waals surface area contributed by atoms with Gasteiger partial charge in [-0.25, -0.2) is 8.78 Å². The lowest BCUT2D eigenvalue weighted by Gasteiger charge is -2.26. The molecule has 112 valence electrons. The Balaban J connectivity index is 2.74. The maximum Gasteiger partial charge on any atom is 0.239 e. The molecule has 0 aliphatic rings. The number of amides is 1. The Bertz CT molecular complexity index is 461. The van der Waals surface area contributed by atoms with Crippen molar-refractivity contribution in [2.75, 3.05) is 13.1 Å². The predicted molar refractivity (Wildman–Crippen MR) is 75.3 cm³/mol. The van der Waals surface area contributed by atoms with Crippen molar-refractivity contribution in [2.24, 2.45) is 0 Å². The lowest BCUT2D eigenvalue weighted by atomic mass is 10.1. The number of carbonyl (C=O) groups is 1. The van der Waals surface area contributed by atoms with Gasteiger partial charge >= 0.3 is 0 Å². The van der Waals surface area contributed by atoms with Crippen LogP contribution in [0, 0.1) is 11.6 Å². The molecule has 1 aromatic carbocycles. The molecule has 0 aliphatic heterocycles.